The molecule has 0 aromatic heterocycles. The predicted molar refractivity (Wildman–Crippen MR) is 88.8 cm³/mol. The van der Waals surface area contributed by atoms with Crippen LogP contribution < -0.4 is 10.6 Å². The van der Waals surface area contributed by atoms with E-state index in [4.69, 9.17) is 0 Å². The lowest BCUT2D eigenvalue weighted by molar-refractivity contribution is 0.508. The second-order valence-corrected chi connectivity index (χ2v) is 5.61. The number of thiol groups is 1. The number of rotatable bonds is 11. The minimum absolute atomic E-state index is 0.778. The van der Waals surface area contributed by atoms with E-state index in [9.17, 15) is 0 Å². The van der Waals surface area contributed by atoms with Crippen LogP contribution in [0.5, 0.6) is 0 Å². The van der Waals surface area contributed by atoms with Gasteiger partial charge in [0, 0.05) is 0 Å². The molecule has 112 valence electrons. The molecular formula is C15H36N2S. The van der Waals surface area contributed by atoms with Gasteiger partial charge < -0.3 is 10.6 Å². The maximum Gasteiger partial charge on any atom is -0.00258 e. The first-order valence-electron chi connectivity index (χ1n) is 7.49. The average molecular weight is 277 g/mol. The Morgan fingerprint density at radius 3 is 1.28 bits per heavy atom. The van der Waals surface area contributed by atoms with Crippen molar-refractivity contribution in [1.82, 2.24) is 10.6 Å². The maximum atomic E-state index is 3.53. The molecule has 0 saturated heterocycles. The lowest BCUT2D eigenvalue weighted by atomic mass is 10.1. The van der Waals surface area contributed by atoms with Crippen LogP contribution in [0.15, 0.2) is 0 Å². The van der Waals surface area contributed by atoms with Crippen molar-refractivity contribution in [2.45, 2.75) is 53.4 Å². The highest BCUT2D eigenvalue weighted by atomic mass is 32.1. The molecule has 0 aromatic rings. The van der Waals surface area contributed by atoms with Gasteiger partial charge in [0.15, 0.2) is 0 Å². The van der Waals surface area contributed by atoms with E-state index >= 15 is 0 Å². The van der Waals surface area contributed by atoms with Gasteiger partial charge in [0.25, 0.3) is 0 Å². The van der Waals surface area contributed by atoms with Crippen LogP contribution in [0.4, 0.5) is 0 Å². The van der Waals surface area contributed by atoms with Crippen molar-refractivity contribution in [1.29, 1.82) is 0 Å². The van der Waals surface area contributed by atoms with Gasteiger partial charge in [-0.1, -0.05) is 40.5 Å². The van der Waals surface area contributed by atoms with E-state index in [-0.39, 0.29) is 0 Å². The third kappa shape index (κ3) is 21.5. The highest BCUT2D eigenvalue weighted by Gasteiger charge is 1.94. The minimum Gasteiger partial charge on any atom is -0.316 e. The standard InChI is InChI=1S/C14H32N2.CH4S/c1-13(2)11-15-9-7-5-6-8-10-16-12-14(3)4;1-2/h13-16H,5-12H2,1-4H3;2H,1H3. The van der Waals surface area contributed by atoms with Crippen molar-refractivity contribution >= 4 is 12.6 Å². The molecule has 0 bridgehead atoms. The van der Waals surface area contributed by atoms with Crippen LogP contribution in [0.2, 0.25) is 0 Å². The van der Waals surface area contributed by atoms with E-state index in [2.05, 4.69) is 51.0 Å². The van der Waals surface area contributed by atoms with Gasteiger partial charge in [-0.3, -0.25) is 0 Å². The van der Waals surface area contributed by atoms with Gasteiger partial charge in [-0.25, -0.2) is 0 Å². The molecule has 3 heteroatoms. The van der Waals surface area contributed by atoms with Crippen molar-refractivity contribution in [2.75, 3.05) is 32.4 Å². The number of hydrogen-bond donors (Lipinski definition) is 3. The van der Waals surface area contributed by atoms with Gasteiger partial charge in [-0.15, -0.1) is 0 Å². The molecule has 0 aliphatic rings. The van der Waals surface area contributed by atoms with Crippen molar-refractivity contribution < 1.29 is 0 Å². The van der Waals surface area contributed by atoms with Crippen LogP contribution in [0.1, 0.15) is 53.4 Å². The van der Waals surface area contributed by atoms with Gasteiger partial charge in [-0.05, 0) is 57.1 Å². The van der Waals surface area contributed by atoms with E-state index < -0.39 is 0 Å². The zero-order valence-electron chi connectivity index (χ0n) is 13.3. The summed E-state index contributed by atoms with van der Waals surface area (Å²) in [6, 6.07) is 0. The molecule has 0 unspecified atom stereocenters. The molecule has 0 heterocycles. The van der Waals surface area contributed by atoms with E-state index in [1.165, 1.54) is 38.8 Å². The highest BCUT2D eigenvalue weighted by molar-refractivity contribution is 7.79. The molecule has 0 saturated carbocycles. The van der Waals surface area contributed by atoms with Crippen molar-refractivity contribution in [3.63, 3.8) is 0 Å². The normalized spacial score (nSPS) is 10.7. The van der Waals surface area contributed by atoms with Gasteiger partial charge in [0.1, 0.15) is 0 Å². The Labute approximate surface area is 121 Å². The van der Waals surface area contributed by atoms with E-state index in [0.29, 0.717) is 0 Å². The van der Waals surface area contributed by atoms with Crippen LogP contribution in [0.25, 0.3) is 0 Å². The molecule has 0 atom stereocenters. The molecule has 0 rings (SSSR count). The first-order valence-corrected chi connectivity index (χ1v) is 8.38. The molecule has 2 N–H and O–H groups in total. The first kappa shape index (κ1) is 20.6. The Morgan fingerprint density at radius 2 is 1.00 bits per heavy atom. The highest BCUT2D eigenvalue weighted by Crippen LogP contribution is 1.98. The summed E-state index contributed by atoms with van der Waals surface area (Å²) in [6.45, 7) is 13.7. The molecule has 0 spiro atoms. The molecule has 0 aromatic carbocycles. The summed E-state index contributed by atoms with van der Waals surface area (Å²) in [7, 11) is 0. The third-order valence-corrected chi connectivity index (χ3v) is 2.56. The Morgan fingerprint density at radius 1 is 0.667 bits per heavy atom. The summed E-state index contributed by atoms with van der Waals surface area (Å²) in [5.41, 5.74) is 0. The number of unbranched alkanes of at least 4 members (excludes halogenated alkanes) is 3. The summed E-state index contributed by atoms with van der Waals surface area (Å²) < 4.78 is 0. The molecule has 0 radical (unpaired) electrons. The number of nitrogens with one attached hydrogen (secondary N) is 2. The topological polar surface area (TPSA) is 24.1 Å². The van der Waals surface area contributed by atoms with Gasteiger partial charge in [0.2, 0.25) is 0 Å². The molecular weight excluding hydrogens is 240 g/mol. The Bertz CT molecular complexity index is 122. The summed E-state index contributed by atoms with van der Waals surface area (Å²) in [5, 5.41) is 6.97. The Hall–Kier alpha value is 0.270. The van der Waals surface area contributed by atoms with Crippen molar-refractivity contribution in [2.24, 2.45) is 11.8 Å². The van der Waals surface area contributed by atoms with Gasteiger partial charge in [0.05, 0.1) is 0 Å². The predicted octanol–water partition coefficient (Wildman–Crippen LogP) is 3.58. The van der Waals surface area contributed by atoms with Crippen LogP contribution >= 0.6 is 12.6 Å². The lowest BCUT2D eigenvalue weighted by Crippen LogP contribution is -2.21. The van der Waals surface area contributed by atoms with Crippen LogP contribution in [-0.2, 0) is 0 Å². The Balaban J connectivity index is 0. The van der Waals surface area contributed by atoms with E-state index in [1.807, 2.05) is 0 Å². The summed E-state index contributed by atoms with van der Waals surface area (Å²) >= 11 is 3.53. The molecule has 0 aliphatic carbocycles. The molecule has 18 heavy (non-hydrogen) atoms. The largest absolute Gasteiger partial charge is 0.316 e. The second-order valence-electron chi connectivity index (χ2n) is 5.61. The number of hydrogen-bond acceptors (Lipinski definition) is 3. The molecule has 2 nitrogen and oxygen atoms in total. The quantitative estimate of drug-likeness (QED) is 0.397. The van der Waals surface area contributed by atoms with Gasteiger partial charge in [-0.2, -0.15) is 12.6 Å². The van der Waals surface area contributed by atoms with E-state index in [0.717, 1.165) is 24.9 Å². The Kier molecular flexibility index (Phi) is 19.8. The van der Waals surface area contributed by atoms with Crippen LogP contribution in [0.3, 0.4) is 0 Å². The fraction of sp³-hybridized carbons (Fsp3) is 1.00. The van der Waals surface area contributed by atoms with Crippen molar-refractivity contribution in [3.05, 3.63) is 0 Å². The lowest BCUT2D eigenvalue weighted by Gasteiger charge is -2.08. The average Bonchev–Trinajstić information content (AvgIpc) is 2.33. The SMILES string of the molecule is CC(C)CNCCCCCCNCC(C)C.CS. The first-order chi connectivity index (χ1) is 8.63. The molecule has 0 fully saturated rings. The second kappa shape index (κ2) is 17.3. The van der Waals surface area contributed by atoms with Crippen LogP contribution in [0, 0.1) is 11.8 Å². The maximum absolute atomic E-state index is 3.53. The van der Waals surface area contributed by atoms with Crippen molar-refractivity contribution in [3.8, 4) is 0 Å². The summed E-state index contributed by atoms with van der Waals surface area (Å²) in [5.74, 6) is 1.56. The minimum atomic E-state index is 0.778. The molecule has 0 amide bonds. The zero-order valence-corrected chi connectivity index (χ0v) is 14.2. The molecule has 0 aliphatic heterocycles. The van der Waals surface area contributed by atoms with Gasteiger partial charge >= 0.3 is 0 Å². The zero-order chi connectivity index (χ0) is 14.2. The monoisotopic (exact) mass is 276 g/mol. The summed E-state index contributed by atoms with van der Waals surface area (Å²) in [4.78, 5) is 0. The fourth-order valence-electron chi connectivity index (χ4n) is 1.64. The van der Waals surface area contributed by atoms with Crippen LogP contribution in [-0.4, -0.2) is 32.4 Å². The van der Waals surface area contributed by atoms with E-state index in [1.54, 1.807) is 6.26 Å². The fourth-order valence-corrected chi connectivity index (χ4v) is 1.64. The third-order valence-electron chi connectivity index (χ3n) is 2.56. The smallest absolute Gasteiger partial charge is 0.00258 e. The summed E-state index contributed by atoms with van der Waals surface area (Å²) in [6.07, 6.45) is 7.09.